The number of amides is 1. The molecule has 1 amide bonds. The molecule has 0 radical (unpaired) electrons. The van der Waals surface area contributed by atoms with Gasteiger partial charge in [-0.05, 0) is 18.2 Å². The molecule has 4 rings (SSSR count). The Morgan fingerprint density at radius 2 is 2.03 bits per heavy atom. The number of rotatable bonds is 4. The molecule has 0 spiro atoms. The summed E-state index contributed by atoms with van der Waals surface area (Å²) in [6.45, 7) is 2.30. The van der Waals surface area contributed by atoms with E-state index in [0.717, 1.165) is 0 Å². The number of morpholine rings is 1. The minimum atomic E-state index is -4.65. The zero-order valence-electron chi connectivity index (χ0n) is 15.4. The Balaban J connectivity index is 1.69. The Labute approximate surface area is 164 Å². The average Bonchev–Trinajstić information content (AvgIpc) is 3.12. The molecule has 0 bridgehead atoms. The number of alkyl halides is 3. The lowest BCUT2D eigenvalue weighted by atomic mass is 10.1. The van der Waals surface area contributed by atoms with Crippen LogP contribution in [0.2, 0.25) is 0 Å². The van der Waals surface area contributed by atoms with E-state index in [2.05, 4.69) is 15.3 Å². The van der Waals surface area contributed by atoms with Gasteiger partial charge in [0.05, 0.1) is 32.5 Å². The van der Waals surface area contributed by atoms with E-state index in [1.54, 1.807) is 28.8 Å². The van der Waals surface area contributed by atoms with Crippen LogP contribution in [0.25, 0.3) is 5.52 Å². The van der Waals surface area contributed by atoms with Crippen molar-refractivity contribution in [3.8, 4) is 0 Å². The van der Waals surface area contributed by atoms with E-state index < -0.39 is 18.1 Å². The second-order valence-electron chi connectivity index (χ2n) is 6.66. The van der Waals surface area contributed by atoms with Crippen molar-refractivity contribution < 1.29 is 32.1 Å². The minimum Gasteiger partial charge on any atom is -0.375 e. The van der Waals surface area contributed by atoms with Crippen LogP contribution in [0.3, 0.4) is 0 Å². The molecule has 1 aliphatic heterocycles. The number of ether oxygens (including phenoxy) is 1. The number of aromatic nitrogens is 3. The zero-order valence-corrected chi connectivity index (χ0v) is 15.4. The first-order valence-corrected chi connectivity index (χ1v) is 9.14. The first-order chi connectivity index (χ1) is 13.9. The molecular weight excluding hydrogens is 387 g/mol. The standard InChI is InChI=1S/C19H18F3N5O2/c20-19(21,22)16(13-4-3-6-23-12-13)25-17(28)15-14-5-1-2-7-27(14)18(24-15)26-8-10-29-11-9-26/h1-7,12,16H,8-11H2,(H,25,28)/p+2. The highest BCUT2D eigenvalue weighted by Gasteiger charge is 2.43. The molecule has 1 fully saturated rings. The Bertz CT molecular complexity index is 1000. The first-order valence-electron chi connectivity index (χ1n) is 9.14. The van der Waals surface area contributed by atoms with E-state index in [1.165, 1.54) is 24.5 Å². The predicted molar refractivity (Wildman–Crippen MR) is 96.2 cm³/mol. The smallest absolute Gasteiger partial charge is 0.375 e. The zero-order chi connectivity index (χ0) is 20.4. The van der Waals surface area contributed by atoms with E-state index in [-0.39, 0.29) is 11.3 Å². The number of pyridine rings is 2. The van der Waals surface area contributed by atoms with Gasteiger partial charge in [-0.1, -0.05) is 6.07 Å². The number of imidazole rings is 1. The Morgan fingerprint density at radius 3 is 2.72 bits per heavy atom. The number of hydrogen-bond acceptors (Lipinski definition) is 3. The van der Waals surface area contributed by atoms with E-state index in [4.69, 9.17) is 4.74 Å². The maximum Gasteiger partial charge on any atom is 0.413 e. The lowest BCUT2D eigenvalue weighted by molar-refractivity contribution is -0.497. The molecule has 3 aromatic rings. The number of halogens is 3. The quantitative estimate of drug-likeness (QED) is 0.643. The number of H-pyrrole nitrogens is 2. The molecule has 10 heteroatoms. The number of fused-ring (bicyclic) bond motifs is 1. The molecule has 152 valence electrons. The van der Waals surface area contributed by atoms with Crippen molar-refractivity contribution in [1.82, 2.24) is 10.3 Å². The van der Waals surface area contributed by atoms with Crippen molar-refractivity contribution in [2.75, 3.05) is 31.2 Å². The Morgan fingerprint density at radius 1 is 1.24 bits per heavy atom. The highest BCUT2D eigenvalue weighted by molar-refractivity contribution is 5.98. The topological polar surface area (TPSA) is 75.6 Å². The van der Waals surface area contributed by atoms with E-state index in [9.17, 15) is 18.0 Å². The molecule has 0 aromatic carbocycles. The summed E-state index contributed by atoms with van der Waals surface area (Å²) in [6, 6.07) is 5.85. The molecular formula is C19H20F3N5O2+2. The third-order valence-corrected chi connectivity index (χ3v) is 4.79. The number of nitrogens with one attached hydrogen (secondary N) is 3. The van der Waals surface area contributed by atoms with E-state index >= 15 is 0 Å². The Hall–Kier alpha value is -3.14. The van der Waals surface area contributed by atoms with Crippen molar-refractivity contribution in [1.29, 1.82) is 0 Å². The summed E-state index contributed by atoms with van der Waals surface area (Å²) in [5.74, 6) is -0.204. The molecule has 0 saturated carbocycles. The summed E-state index contributed by atoms with van der Waals surface area (Å²) in [5.41, 5.74) is 0.485. The monoisotopic (exact) mass is 407 g/mol. The average molecular weight is 407 g/mol. The fraction of sp³-hybridized carbons (Fsp3) is 0.316. The van der Waals surface area contributed by atoms with Gasteiger partial charge < -0.3 is 10.1 Å². The number of anilines is 1. The van der Waals surface area contributed by atoms with Gasteiger partial charge in [0.1, 0.15) is 0 Å². The van der Waals surface area contributed by atoms with Crippen LogP contribution in [0, 0.1) is 0 Å². The molecule has 1 aliphatic rings. The molecule has 3 N–H and O–H groups in total. The van der Waals surface area contributed by atoms with Gasteiger partial charge in [-0.3, -0.25) is 9.69 Å². The second-order valence-corrected chi connectivity index (χ2v) is 6.66. The van der Waals surface area contributed by atoms with Crippen LogP contribution in [0.5, 0.6) is 0 Å². The lowest BCUT2D eigenvalue weighted by Gasteiger charge is -2.21. The summed E-state index contributed by atoms with van der Waals surface area (Å²) < 4.78 is 48.0. The maximum atomic E-state index is 13.6. The predicted octanol–water partition coefficient (Wildman–Crippen LogP) is 1.44. The number of hydrogen-bond donors (Lipinski definition) is 2. The van der Waals surface area contributed by atoms with Gasteiger partial charge in [-0.25, -0.2) is 14.4 Å². The largest absolute Gasteiger partial charge is 0.413 e. The van der Waals surface area contributed by atoms with Gasteiger partial charge in [-0.15, -0.1) is 0 Å². The van der Waals surface area contributed by atoms with Gasteiger partial charge in [0.25, 0.3) is 5.91 Å². The molecule has 1 saturated heterocycles. The fourth-order valence-corrected chi connectivity index (χ4v) is 3.39. The third-order valence-electron chi connectivity index (χ3n) is 4.79. The molecule has 4 heterocycles. The van der Waals surface area contributed by atoms with Crippen LogP contribution < -0.4 is 19.6 Å². The van der Waals surface area contributed by atoms with Crippen LogP contribution in [-0.2, 0) is 4.74 Å². The van der Waals surface area contributed by atoms with Crippen LogP contribution in [0.1, 0.15) is 22.1 Å². The summed E-state index contributed by atoms with van der Waals surface area (Å²) >= 11 is 0. The lowest BCUT2D eigenvalue weighted by Crippen LogP contribution is -2.41. The highest BCUT2D eigenvalue weighted by atomic mass is 19.4. The van der Waals surface area contributed by atoms with Crippen LogP contribution >= 0.6 is 0 Å². The molecule has 7 nitrogen and oxygen atoms in total. The SMILES string of the molecule is O=C(NC(c1ccc[nH+]c1)C(F)(F)F)c1[nH]c(N2CCOCC2)[n+]2ccccc12. The van der Waals surface area contributed by atoms with Crippen LogP contribution in [-0.4, -0.2) is 43.4 Å². The number of carbonyl (C=O) groups is 1. The molecule has 0 aliphatic carbocycles. The van der Waals surface area contributed by atoms with Gasteiger partial charge in [0, 0.05) is 11.6 Å². The second kappa shape index (κ2) is 7.70. The molecule has 29 heavy (non-hydrogen) atoms. The Kier molecular flexibility index (Phi) is 5.10. The minimum absolute atomic E-state index is 0.0706. The fourth-order valence-electron chi connectivity index (χ4n) is 3.39. The number of aromatic amines is 2. The van der Waals surface area contributed by atoms with Gasteiger partial charge >= 0.3 is 12.1 Å². The van der Waals surface area contributed by atoms with Crippen LogP contribution in [0.15, 0.2) is 48.9 Å². The van der Waals surface area contributed by atoms with Crippen molar-refractivity contribution in [3.05, 3.63) is 60.2 Å². The summed E-state index contributed by atoms with van der Waals surface area (Å²) in [7, 11) is 0. The maximum absolute atomic E-state index is 13.6. The van der Waals surface area contributed by atoms with Crippen molar-refractivity contribution in [2.45, 2.75) is 12.2 Å². The normalized spacial score (nSPS) is 16.0. The number of nitrogens with zero attached hydrogens (tertiary/aromatic N) is 2. The molecule has 1 unspecified atom stereocenters. The summed E-state index contributed by atoms with van der Waals surface area (Å²) in [6.07, 6.45) is -0.157. The van der Waals surface area contributed by atoms with Crippen molar-refractivity contribution in [3.63, 3.8) is 0 Å². The third kappa shape index (κ3) is 3.88. The van der Waals surface area contributed by atoms with Crippen molar-refractivity contribution in [2.24, 2.45) is 0 Å². The van der Waals surface area contributed by atoms with E-state index in [0.29, 0.717) is 37.8 Å². The van der Waals surface area contributed by atoms with Crippen LogP contribution in [0.4, 0.5) is 19.1 Å². The first kappa shape index (κ1) is 19.2. The van der Waals surface area contributed by atoms with Gasteiger partial charge in [0.2, 0.25) is 5.69 Å². The molecule has 3 aromatic heterocycles. The van der Waals surface area contributed by atoms with Crippen molar-refractivity contribution >= 4 is 17.4 Å². The molecule has 1 atom stereocenters. The van der Waals surface area contributed by atoms with Gasteiger partial charge in [-0.2, -0.15) is 13.2 Å². The van der Waals surface area contributed by atoms with E-state index in [1.807, 2.05) is 4.90 Å². The number of carbonyl (C=O) groups excluding carboxylic acids is 1. The highest BCUT2D eigenvalue weighted by Crippen LogP contribution is 2.32. The summed E-state index contributed by atoms with van der Waals surface area (Å²) in [4.78, 5) is 20.5. The summed E-state index contributed by atoms with van der Waals surface area (Å²) in [5, 5.41) is 2.13. The van der Waals surface area contributed by atoms with Gasteiger partial charge in [0.15, 0.2) is 24.0 Å².